The van der Waals surface area contributed by atoms with Crippen molar-refractivity contribution in [2.75, 3.05) is 19.7 Å². The number of rotatable bonds is 5. The van der Waals surface area contributed by atoms with Crippen molar-refractivity contribution in [3.63, 3.8) is 0 Å². The average Bonchev–Trinajstić information content (AvgIpc) is 2.66. The first kappa shape index (κ1) is 12.2. The van der Waals surface area contributed by atoms with E-state index in [4.69, 9.17) is 4.74 Å². The number of carbonyl (C=O) groups excluding carboxylic acids is 1. The fourth-order valence-electron chi connectivity index (χ4n) is 2.07. The van der Waals surface area contributed by atoms with Crippen LogP contribution in [-0.4, -0.2) is 36.6 Å². The van der Waals surface area contributed by atoms with Crippen LogP contribution >= 0.6 is 0 Å². The van der Waals surface area contributed by atoms with Crippen LogP contribution in [0.25, 0.3) is 0 Å². The molecule has 1 rings (SSSR count). The zero-order valence-corrected chi connectivity index (χ0v) is 9.74. The predicted molar refractivity (Wildman–Crippen MR) is 60.7 cm³/mol. The van der Waals surface area contributed by atoms with Crippen LogP contribution in [0.1, 0.15) is 33.1 Å². The lowest BCUT2D eigenvalue weighted by atomic mass is 10.2. The smallest absolute Gasteiger partial charge is 0.330 e. The van der Waals surface area contributed by atoms with Gasteiger partial charge in [-0.1, -0.05) is 13.0 Å². The summed E-state index contributed by atoms with van der Waals surface area (Å²) in [6.07, 6.45) is 7.23. The Labute approximate surface area is 92.1 Å². The molecule has 3 nitrogen and oxygen atoms in total. The van der Waals surface area contributed by atoms with Crippen LogP contribution in [-0.2, 0) is 9.53 Å². The second kappa shape index (κ2) is 6.62. The molecule has 1 aliphatic rings. The quantitative estimate of drug-likeness (QED) is 0.514. The van der Waals surface area contributed by atoms with E-state index in [-0.39, 0.29) is 5.97 Å². The molecule has 0 radical (unpaired) electrons. The van der Waals surface area contributed by atoms with Gasteiger partial charge in [0.05, 0.1) is 6.61 Å². The zero-order valence-electron chi connectivity index (χ0n) is 9.74. The van der Waals surface area contributed by atoms with E-state index in [2.05, 4.69) is 11.8 Å². The van der Waals surface area contributed by atoms with Gasteiger partial charge in [-0.05, 0) is 32.7 Å². The fourth-order valence-corrected chi connectivity index (χ4v) is 2.07. The molecule has 86 valence electrons. The Morgan fingerprint density at radius 1 is 1.53 bits per heavy atom. The Bertz CT molecular complexity index is 226. The van der Waals surface area contributed by atoms with E-state index in [0.29, 0.717) is 12.6 Å². The van der Waals surface area contributed by atoms with Crippen molar-refractivity contribution in [1.82, 2.24) is 4.90 Å². The van der Waals surface area contributed by atoms with Crippen molar-refractivity contribution >= 4 is 5.97 Å². The predicted octanol–water partition coefficient (Wildman–Crippen LogP) is 1.98. The highest BCUT2D eigenvalue weighted by Crippen LogP contribution is 2.18. The van der Waals surface area contributed by atoms with Crippen LogP contribution < -0.4 is 0 Å². The molecule has 0 amide bonds. The van der Waals surface area contributed by atoms with Crippen LogP contribution in [0.3, 0.4) is 0 Å². The summed E-state index contributed by atoms with van der Waals surface area (Å²) in [6.45, 7) is 6.52. The minimum absolute atomic E-state index is 0.232. The molecule has 0 aromatic rings. The van der Waals surface area contributed by atoms with Crippen LogP contribution in [0.4, 0.5) is 0 Å². The summed E-state index contributed by atoms with van der Waals surface area (Å²) in [6, 6.07) is 0.705. The van der Waals surface area contributed by atoms with Crippen molar-refractivity contribution in [3.8, 4) is 0 Å². The molecule has 0 spiro atoms. The Balaban J connectivity index is 2.26. The van der Waals surface area contributed by atoms with Crippen molar-refractivity contribution in [2.24, 2.45) is 0 Å². The third-order valence-corrected chi connectivity index (χ3v) is 2.85. The lowest BCUT2D eigenvalue weighted by molar-refractivity contribution is -0.137. The molecule has 0 saturated carbocycles. The van der Waals surface area contributed by atoms with Crippen molar-refractivity contribution < 1.29 is 9.53 Å². The van der Waals surface area contributed by atoms with Gasteiger partial charge in [-0.3, -0.25) is 4.90 Å². The number of nitrogens with zero attached hydrogens (tertiary/aromatic N) is 1. The normalized spacial score (nSPS) is 22.4. The zero-order chi connectivity index (χ0) is 11.1. The molecule has 0 aromatic heterocycles. The molecular formula is C12H21NO2. The summed E-state index contributed by atoms with van der Waals surface area (Å²) >= 11 is 0. The van der Waals surface area contributed by atoms with E-state index in [1.807, 2.05) is 13.0 Å². The number of carbonyl (C=O) groups is 1. The molecule has 1 fully saturated rings. The van der Waals surface area contributed by atoms with Gasteiger partial charge in [0.2, 0.25) is 0 Å². The monoisotopic (exact) mass is 211 g/mol. The molecule has 3 heteroatoms. The Morgan fingerprint density at radius 3 is 3.00 bits per heavy atom. The minimum atomic E-state index is -0.232. The molecule has 1 saturated heterocycles. The number of hydrogen-bond donors (Lipinski definition) is 0. The van der Waals surface area contributed by atoms with Gasteiger partial charge >= 0.3 is 5.97 Å². The summed E-state index contributed by atoms with van der Waals surface area (Å²) in [5.41, 5.74) is 0. The molecule has 0 bridgehead atoms. The Morgan fingerprint density at radius 2 is 2.33 bits per heavy atom. The molecular weight excluding hydrogens is 190 g/mol. The number of hydrogen-bond acceptors (Lipinski definition) is 3. The molecule has 1 atom stereocenters. The van der Waals surface area contributed by atoms with Gasteiger partial charge in [0.15, 0.2) is 0 Å². The van der Waals surface area contributed by atoms with E-state index in [9.17, 15) is 4.79 Å². The highest BCUT2D eigenvalue weighted by molar-refractivity contribution is 5.81. The average molecular weight is 211 g/mol. The summed E-state index contributed by atoms with van der Waals surface area (Å²) in [4.78, 5) is 13.5. The molecule has 1 heterocycles. The van der Waals surface area contributed by atoms with E-state index < -0.39 is 0 Å². The van der Waals surface area contributed by atoms with E-state index in [1.165, 1.54) is 25.3 Å². The summed E-state index contributed by atoms with van der Waals surface area (Å²) < 4.78 is 4.82. The summed E-state index contributed by atoms with van der Waals surface area (Å²) in [5, 5.41) is 0. The Kier molecular flexibility index (Phi) is 5.40. The fraction of sp³-hybridized carbons (Fsp3) is 0.750. The standard InChI is InChI=1S/C12H21NO2/c1-3-11-7-5-9-13(11)10-6-8-12(14)15-4-2/h6,8,11H,3-5,7,9-10H2,1-2H3. The first-order valence-corrected chi connectivity index (χ1v) is 5.85. The largest absolute Gasteiger partial charge is 0.463 e. The highest BCUT2D eigenvalue weighted by Gasteiger charge is 2.20. The third kappa shape index (κ3) is 4.04. The second-order valence-electron chi connectivity index (χ2n) is 3.85. The van der Waals surface area contributed by atoms with Gasteiger partial charge in [-0.25, -0.2) is 4.79 Å². The number of ether oxygens (including phenoxy) is 1. The molecule has 0 aromatic carbocycles. The lowest BCUT2D eigenvalue weighted by Gasteiger charge is -2.21. The molecule has 1 aliphatic heterocycles. The summed E-state index contributed by atoms with van der Waals surface area (Å²) in [7, 11) is 0. The van der Waals surface area contributed by atoms with Crippen LogP contribution in [0.2, 0.25) is 0 Å². The highest BCUT2D eigenvalue weighted by atomic mass is 16.5. The SMILES string of the molecule is CCOC(=O)C=CCN1CCCC1CC. The van der Waals surface area contributed by atoms with E-state index in [0.717, 1.165) is 13.1 Å². The first-order valence-electron chi connectivity index (χ1n) is 5.85. The summed E-state index contributed by atoms with van der Waals surface area (Å²) in [5.74, 6) is -0.232. The Hall–Kier alpha value is -0.830. The maximum Gasteiger partial charge on any atom is 0.330 e. The van der Waals surface area contributed by atoms with Gasteiger partial charge in [0.1, 0.15) is 0 Å². The van der Waals surface area contributed by atoms with Crippen molar-refractivity contribution in [2.45, 2.75) is 39.2 Å². The van der Waals surface area contributed by atoms with Gasteiger partial charge < -0.3 is 4.74 Å². The van der Waals surface area contributed by atoms with Gasteiger partial charge in [0, 0.05) is 18.7 Å². The van der Waals surface area contributed by atoms with Crippen molar-refractivity contribution in [3.05, 3.63) is 12.2 Å². The maximum absolute atomic E-state index is 11.0. The van der Waals surface area contributed by atoms with Gasteiger partial charge in [0.25, 0.3) is 0 Å². The topological polar surface area (TPSA) is 29.5 Å². The molecule has 0 aliphatic carbocycles. The number of likely N-dealkylation sites (tertiary alicyclic amines) is 1. The minimum Gasteiger partial charge on any atom is -0.463 e. The number of esters is 1. The maximum atomic E-state index is 11.0. The lowest BCUT2D eigenvalue weighted by Crippen LogP contribution is -2.28. The molecule has 0 N–H and O–H groups in total. The first-order chi connectivity index (χ1) is 7.27. The van der Waals surface area contributed by atoms with Crippen LogP contribution in [0, 0.1) is 0 Å². The van der Waals surface area contributed by atoms with Crippen LogP contribution in [0.15, 0.2) is 12.2 Å². The van der Waals surface area contributed by atoms with E-state index >= 15 is 0 Å². The van der Waals surface area contributed by atoms with E-state index in [1.54, 1.807) is 0 Å². The van der Waals surface area contributed by atoms with Crippen molar-refractivity contribution in [1.29, 1.82) is 0 Å². The second-order valence-corrected chi connectivity index (χ2v) is 3.85. The van der Waals surface area contributed by atoms with Crippen LogP contribution in [0.5, 0.6) is 0 Å². The molecule has 1 unspecified atom stereocenters. The third-order valence-electron chi connectivity index (χ3n) is 2.85. The molecule has 15 heavy (non-hydrogen) atoms. The van der Waals surface area contributed by atoms with Gasteiger partial charge in [-0.15, -0.1) is 0 Å². The van der Waals surface area contributed by atoms with Gasteiger partial charge in [-0.2, -0.15) is 0 Å².